The Bertz CT molecular complexity index is 566. The first-order chi connectivity index (χ1) is 9.86. The normalized spacial score (nSPS) is 33.3. The van der Waals surface area contributed by atoms with Crippen LogP contribution in [0.1, 0.15) is 51.2 Å². The minimum absolute atomic E-state index is 0.119. The van der Waals surface area contributed by atoms with Crippen LogP contribution in [-0.2, 0) is 11.3 Å². The first-order valence-electron chi connectivity index (χ1n) is 7.90. The minimum Gasteiger partial charge on any atom is -0.384 e. The van der Waals surface area contributed by atoms with Crippen LogP contribution < -0.4 is 5.73 Å². The van der Waals surface area contributed by atoms with E-state index in [1.54, 1.807) is 0 Å². The summed E-state index contributed by atoms with van der Waals surface area (Å²) in [7, 11) is 0. The smallest absolute Gasteiger partial charge is 0.123 e. The molecule has 2 aliphatic rings. The third-order valence-corrected chi connectivity index (χ3v) is 6.46. The number of nitrogen functional groups attached to an aromatic ring is 1. The van der Waals surface area contributed by atoms with Gasteiger partial charge in [0, 0.05) is 5.56 Å². The highest BCUT2D eigenvalue weighted by atomic mass is 16.5. The lowest BCUT2D eigenvalue weighted by Crippen LogP contribution is -2.37. The fraction of sp³-hybridized carbons (Fsp3) is 0.611. The molecule has 2 aliphatic carbocycles. The first kappa shape index (κ1) is 14.6. The van der Waals surface area contributed by atoms with Gasteiger partial charge in [-0.05, 0) is 41.6 Å². The standard InChI is InChI=1S/C18H26N2O/c1-17(2)13-8-9-18(17,3)15(10-13)21-11-12-6-4-5-7-14(12)16(19)20/h4-7,13,15H,8-11H2,1-3H3,(H3,19,20). The molecule has 2 saturated carbocycles. The van der Waals surface area contributed by atoms with E-state index < -0.39 is 0 Å². The summed E-state index contributed by atoms with van der Waals surface area (Å²) in [5.74, 6) is 0.907. The van der Waals surface area contributed by atoms with E-state index in [2.05, 4.69) is 20.8 Å². The van der Waals surface area contributed by atoms with Gasteiger partial charge < -0.3 is 10.5 Å². The molecule has 3 heteroatoms. The van der Waals surface area contributed by atoms with Crippen molar-refractivity contribution in [2.75, 3.05) is 0 Å². The molecule has 0 heterocycles. The lowest BCUT2D eigenvalue weighted by Gasteiger charge is -2.39. The number of nitrogens with two attached hydrogens (primary N) is 1. The van der Waals surface area contributed by atoms with Crippen molar-refractivity contribution in [3.63, 3.8) is 0 Å². The summed E-state index contributed by atoms with van der Waals surface area (Å²) in [5.41, 5.74) is 8.13. The molecule has 0 radical (unpaired) electrons. The highest BCUT2D eigenvalue weighted by Gasteiger charge is 2.61. The van der Waals surface area contributed by atoms with Gasteiger partial charge in [-0.15, -0.1) is 0 Å². The molecule has 0 aliphatic heterocycles. The van der Waals surface area contributed by atoms with Crippen LogP contribution in [0.2, 0.25) is 0 Å². The molecule has 1 aromatic carbocycles. The van der Waals surface area contributed by atoms with Crippen molar-refractivity contribution >= 4 is 5.84 Å². The van der Waals surface area contributed by atoms with Crippen LogP contribution in [0, 0.1) is 22.2 Å². The molecule has 3 atom stereocenters. The van der Waals surface area contributed by atoms with Crippen molar-refractivity contribution in [1.29, 1.82) is 5.41 Å². The Morgan fingerprint density at radius 2 is 2.05 bits per heavy atom. The van der Waals surface area contributed by atoms with Gasteiger partial charge in [0.05, 0.1) is 12.7 Å². The summed E-state index contributed by atoms with van der Waals surface area (Å²) >= 11 is 0. The second-order valence-corrected chi connectivity index (χ2v) is 7.48. The average Bonchev–Trinajstić information content (AvgIpc) is 2.78. The summed E-state index contributed by atoms with van der Waals surface area (Å²) in [4.78, 5) is 0. The number of ether oxygens (including phenoxy) is 1. The molecule has 3 rings (SSSR count). The highest BCUT2D eigenvalue weighted by Crippen LogP contribution is 2.66. The SMILES string of the molecule is CC1(C)C2CCC1(C)C(OCc1ccccc1C(=N)N)C2. The molecule has 2 fully saturated rings. The number of hydrogen-bond donors (Lipinski definition) is 2. The fourth-order valence-corrected chi connectivity index (χ4v) is 4.48. The molecule has 3 N–H and O–H groups in total. The molecular weight excluding hydrogens is 260 g/mol. The largest absolute Gasteiger partial charge is 0.384 e. The van der Waals surface area contributed by atoms with Gasteiger partial charge in [-0.2, -0.15) is 0 Å². The Balaban J connectivity index is 1.74. The summed E-state index contributed by atoms with van der Waals surface area (Å²) in [6.45, 7) is 7.75. The number of benzene rings is 1. The van der Waals surface area contributed by atoms with Crippen LogP contribution in [0.5, 0.6) is 0 Å². The predicted molar refractivity (Wildman–Crippen MR) is 85.3 cm³/mol. The number of fused-ring (bicyclic) bond motifs is 2. The first-order valence-corrected chi connectivity index (χ1v) is 7.90. The number of amidine groups is 1. The number of rotatable bonds is 4. The summed E-state index contributed by atoms with van der Waals surface area (Å²) in [6, 6.07) is 7.81. The summed E-state index contributed by atoms with van der Waals surface area (Å²) in [6.07, 6.45) is 4.11. The molecule has 114 valence electrons. The maximum atomic E-state index is 7.67. The molecule has 0 amide bonds. The zero-order valence-corrected chi connectivity index (χ0v) is 13.3. The summed E-state index contributed by atoms with van der Waals surface area (Å²) < 4.78 is 6.30. The minimum atomic E-state index is 0.119. The topological polar surface area (TPSA) is 59.1 Å². The number of nitrogens with one attached hydrogen (secondary N) is 1. The van der Waals surface area contributed by atoms with Gasteiger partial charge in [0.25, 0.3) is 0 Å². The summed E-state index contributed by atoms with van der Waals surface area (Å²) in [5, 5.41) is 7.67. The third kappa shape index (κ3) is 2.10. The van der Waals surface area contributed by atoms with Gasteiger partial charge in [0.15, 0.2) is 0 Å². The van der Waals surface area contributed by atoms with Gasteiger partial charge in [0.1, 0.15) is 5.84 Å². The number of hydrogen-bond acceptors (Lipinski definition) is 2. The molecule has 2 bridgehead atoms. The van der Waals surface area contributed by atoms with Gasteiger partial charge in [-0.25, -0.2) is 0 Å². The van der Waals surface area contributed by atoms with Crippen molar-refractivity contribution in [3.05, 3.63) is 35.4 Å². The van der Waals surface area contributed by atoms with Crippen molar-refractivity contribution in [2.45, 2.75) is 52.7 Å². The van der Waals surface area contributed by atoms with Crippen molar-refractivity contribution in [2.24, 2.45) is 22.5 Å². The zero-order chi connectivity index (χ0) is 15.3. The molecule has 3 unspecified atom stereocenters. The van der Waals surface area contributed by atoms with E-state index in [4.69, 9.17) is 15.9 Å². The Kier molecular flexibility index (Phi) is 3.36. The van der Waals surface area contributed by atoms with Crippen LogP contribution >= 0.6 is 0 Å². The van der Waals surface area contributed by atoms with Crippen molar-refractivity contribution in [3.8, 4) is 0 Å². The van der Waals surface area contributed by atoms with Crippen LogP contribution in [0.15, 0.2) is 24.3 Å². The highest BCUT2D eigenvalue weighted by molar-refractivity contribution is 5.96. The lowest BCUT2D eigenvalue weighted by molar-refractivity contribution is -0.0550. The quantitative estimate of drug-likeness (QED) is 0.655. The van der Waals surface area contributed by atoms with E-state index in [1.807, 2.05) is 24.3 Å². The molecule has 0 saturated heterocycles. The molecule has 1 aromatic rings. The zero-order valence-electron chi connectivity index (χ0n) is 13.3. The molecule has 3 nitrogen and oxygen atoms in total. The average molecular weight is 286 g/mol. The van der Waals surface area contributed by atoms with Crippen molar-refractivity contribution < 1.29 is 4.74 Å². The third-order valence-electron chi connectivity index (χ3n) is 6.46. The lowest BCUT2D eigenvalue weighted by atomic mass is 9.70. The maximum absolute atomic E-state index is 7.67. The van der Waals surface area contributed by atoms with E-state index in [0.29, 0.717) is 18.1 Å². The van der Waals surface area contributed by atoms with Crippen LogP contribution in [0.25, 0.3) is 0 Å². The van der Waals surface area contributed by atoms with Gasteiger partial charge >= 0.3 is 0 Å². The van der Waals surface area contributed by atoms with Crippen LogP contribution in [0.4, 0.5) is 0 Å². The second kappa shape index (κ2) is 4.84. The van der Waals surface area contributed by atoms with Gasteiger partial charge in [-0.3, -0.25) is 5.41 Å². The van der Waals surface area contributed by atoms with Crippen molar-refractivity contribution in [1.82, 2.24) is 0 Å². The Labute approximate surface area is 127 Å². The van der Waals surface area contributed by atoms with Gasteiger partial charge in [-0.1, -0.05) is 45.0 Å². The Hall–Kier alpha value is -1.35. The van der Waals surface area contributed by atoms with E-state index >= 15 is 0 Å². The predicted octanol–water partition coefficient (Wildman–Crippen LogP) is 3.70. The Morgan fingerprint density at radius 1 is 1.33 bits per heavy atom. The van der Waals surface area contributed by atoms with Crippen LogP contribution in [-0.4, -0.2) is 11.9 Å². The Morgan fingerprint density at radius 3 is 2.62 bits per heavy atom. The fourth-order valence-electron chi connectivity index (χ4n) is 4.48. The van der Waals surface area contributed by atoms with E-state index in [-0.39, 0.29) is 11.3 Å². The monoisotopic (exact) mass is 286 g/mol. The van der Waals surface area contributed by atoms with Gasteiger partial charge in [0.2, 0.25) is 0 Å². The molecular formula is C18H26N2O. The molecule has 21 heavy (non-hydrogen) atoms. The van der Waals surface area contributed by atoms with E-state index in [0.717, 1.165) is 17.0 Å². The van der Waals surface area contributed by atoms with E-state index in [1.165, 1.54) is 19.3 Å². The maximum Gasteiger partial charge on any atom is 0.123 e. The van der Waals surface area contributed by atoms with E-state index in [9.17, 15) is 0 Å². The second-order valence-electron chi connectivity index (χ2n) is 7.48. The molecule has 0 aromatic heterocycles. The van der Waals surface area contributed by atoms with Crippen LogP contribution in [0.3, 0.4) is 0 Å². The molecule has 0 spiro atoms.